The fourth-order valence-electron chi connectivity index (χ4n) is 0.622. The van der Waals surface area contributed by atoms with E-state index in [0.29, 0.717) is 0 Å². The molecule has 0 unspecified atom stereocenters. The van der Waals surface area contributed by atoms with Crippen molar-refractivity contribution in [1.82, 2.24) is 0 Å². The second kappa shape index (κ2) is 9.22. The molecule has 0 aromatic carbocycles. The van der Waals surface area contributed by atoms with Crippen LogP contribution in [-0.2, 0) is 0 Å². The van der Waals surface area contributed by atoms with E-state index in [2.05, 4.69) is 20.1 Å². The summed E-state index contributed by atoms with van der Waals surface area (Å²) < 4.78 is 0. The predicted octanol–water partition coefficient (Wildman–Crippen LogP) is 4.11. The minimum absolute atomic E-state index is 1.04. The standard InChI is InChI=1S/C9H14.C2H6/c1-5-9(6-2)7-8(3)4;1-2/h5,7H,1,3,6H2,2,4H3;1-2H3/b9-7+;. The van der Waals surface area contributed by atoms with Crippen LogP contribution in [0.3, 0.4) is 0 Å². The van der Waals surface area contributed by atoms with Gasteiger partial charge in [0.15, 0.2) is 0 Å². The van der Waals surface area contributed by atoms with Crippen LogP contribution >= 0.6 is 0 Å². The summed E-state index contributed by atoms with van der Waals surface area (Å²) in [5.41, 5.74) is 2.34. The summed E-state index contributed by atoms with van der Waals surface area (Å²) in [6, 6.07) is 0. The maximum atomic E-state index is 3.77. The van der Waals surface area contributed by atoms with Gasteiger partial charge in [0.2, 0.25) is 0 Å². The smallest absolute Gasteiger partial charge is 0.0308 e. The highest BCUT2D eigenvalue weighted by Gasteiger charge is 1.83. The van der Waals surface area contributed by atoms with Crippen molar-refractivity contribution in [1.29, 1.82) is 0 Å². The van der Waals surface area contributed by atoms with Gasteiger partial charge in [0.05, 0.1) is 0 Å². The van der Waals surface area contributed by atoms with Crippen LogP contribution in [0.1, 0.15) is 34.1 Å². The van der Waals surface area contributed by atoms with Crippen molar-refractivity contribution in [2.45, 2.75) is 34.1 Å². The molecular weight excluding hydrogens is 132 g/mol. The van der Waals surface area contributed by atoms with Gasteiger partial charge in [-0.25, -0.2) is 0 Å². The summed E-state index contributed by atoms with van der Waals surface area (Å²) in [5.74, 6) is 0. The molecule has 11 heavy (non-hydrogen) atoms. The SMILES string of the molecule is C=C/C(=C\C(=C)C)CC.CC. The topological polar surface area (TPSA) is 0 Å². The Kier molecular flexibility index (Phi) is 10.8. The monoisotopic (exact) mass is 152 g/mol. The van der Waals surface area contributed by atoms with Crippen LogP contribution in [0.5, 0.6) is 0 Å². The van der Waals surface area contributed by atoms with Gasteiger partial charge in [-0.15, -0.1) is 0 Å². The third kappa shape index (κ3) is 9.22. The first-order chi connectivity index (χ1) is 5.20. The predicted molar refractivity (Wildman–Crippen MR) is 54.7 cm³/mol. The molecule has 0 aliphatic heterocycles. The Hall–Kier alpha value is -0.780. The van der Waals surface area contributed by atoms with E-state index in [9.17, 15) is 0 Å². The fraction of sp³-hybridized carbons (Fsp3) is 0.455. The zero-order valence-electron chi connectivity index (χ0n) is 8.28. The van der Waals surface area contributed by atoms with E-state index >= 15 is 0 Å². The Morgan fingerprint density at radius 3 is 1.91 bits per heavy atom. The molecule has 0 aromatic heterocycles. The first kappa shape index (κ1) is 12.9. The number of allylic oxidation sites excluding steroid dienone is 4. The highest BCUT2D eigenvalue weighted by molar-refractivity contribution is 5.25. The Morgan fingerprint density at radius 1 is 1.36 bits per heavy atom. The normalized spacial score (nSPS) is 9.64. The molecule has 0 atom stereocenters. The summed E-state index contributed by atoms with van der Waals surface area (Å²) in [5, 5.41) is 0. The average molecular weight is 152 g/mol. The summed E-state index contributed by atoms with van der Waals surface area (Å²) >= 11 is 0. The first-order valence-corrected chi connectivity index (χ1v) is 4.19. The molecule has 0 fully saturated rings. The van der Waals surface area contributed by atoms with E-state index in [1.54, 1.807) is 0 Å². The Labute approximate surface area is 71.3 Å². The number of hydrogen-bond acceptors (Lipinski definition) is 0. The third-order valence-corrected chi connectivity index (χ3v) is 1.10. The average Bonchev–Trinajstić information content (AvgIpc) is 2.03. The maximum Gasteiger partial charge on any atom is -0.0308 e. The lowest BCUT2D eigenvalue weighted by Crippen LogP contribution is -1.73. The second-order valence-corrected chi connectivity index (χ2v) is 2.12. The van der Waals surface area contributed by atoms with Crippen LogP contribution in [-0.4, -0.2) is 0 Å². The Bertz CT molecular complexity index is 138. The molecule has 0 heterocycles. The van der Waals surface area contributed by atoms with Crippen LogP contribution in [0.2, 0.25) is 0 Å². The van der Waals surface area contributed by atoms with Gasteiger partial charge >= 0.3 is 0 Å². The lowest BCUT2D eigenvalue weighted by molar-refractivity contribution is 1.14. The van der Waals surface area contributed by atoms with Crippen molar-refractivity contribution in [3.63, 3.8) is 0 Å². The number of hydrogen-bond donors (Lipinski definition) is 0. The van der Waals surface area contributed by atoms with E-state index in [0.717, 1.165) is 12.0 Å². The summed E-state index contributed by atoms with van der Waals surface area (Å²) in [6.45, 7) is 15.5. The molecule has 0 aliphatic rings. The molecule has 0 amide bonds. The Balaban J connectivity index is 0. The molecule has 64 valence electrons. The van der Waals surface area contributed by atoms with Crippen molar-refractivity contribution in [3.8, 4) is 0 Å². The van der Waals surface area contributed by atoms with Crippen LogP contribution in [0.4, 0.5) is 0 Å². The van der Waals surface area contributed by atoms with Crippen molar-refractivity contribution in [2.75, 3.05) is 0 Å². The molecule has 0 saturated heterocycles. The highest BCUT2D eigenvalue weighted by Crippen LogP contribution is 2.04. The van der Waals surface area contributed by atoms with Gasteiger partial charge in [0.25, 0.3) is 0 Å². The molecule has 0 aliphatic carbocycles. The lowest BCUT2D eigenvalue weighted by Gasteiger charge is -1.93. The molecule has 0 spiro atoms. The lowest BCUT2D eigenvalue weighted by atomic mass is 10.1. The van der Waals surface area contributed by atoms with Crippen molar-refractivity contribution < 1.29 is 0 Å². The van der Waals surface area contributed by atoms with Crippen molar-refractivity contribution in [2.24, 2.45) is 0 Å². The van der Waals surface area contributed by atoms with E-state index in [1.165, 1.54) is 5.57 Å². The Morgan fingerprint density at radius 2 is 1.82 bits per heavy atom. The van der Waals surface area contributed by atoms with Crippen molar-refractivity contribution in [3.05, 3.63) is 36.5 Å². The third-order valence-electron chi connectivity index (χ3n) is 1.10. The number of rotatable bonds is 3. The van der Waals surface area contributed by atoms with Gasteiger partial charge < -0.3 is 0 Å². The first-order valence-electron chi connectivity index (χ1n) is 4.19. The van der Waals surface area contributed by atoms with Gasteiger partial charge in [0, 0.05) is 0 Å². The highest BCUT2D eigenvalue weighted by atomic mass is 13.9. The van der Waals surface area contributed by atoms with Gasteiger partial charge in [-0.3, -0.25) is 0 Å². The molecule has 0 radical (unpaired) electrons. The van der Waals surface area contributed by atoms with Crippen molar-refractivity contribution >= 4 is 0 Å². The maximum absolute atomic E-state index is 3.77. The summed E-state index contributed by atoms with van der Waals surface area (Å²) in [6.07, 6.45) is 4.96. The molecule has 0 rings (SSSR count). The van der Waals surface area contributed by atoms with Gasteiger partial charge in [0.1, 0.15) is 0 Å². The van der Waals surface area contributed by atoms with Gasteiger partial charge in [-0.05, 0) is 18.9 Å². The van der Waals surface area contributed by atoms with Gasteiger partial charge in [-0.2, -0.15) is 0 Å². The molecular formula is C11H20. The zero-order chi connectivity index (χ0) is 9.28. The van der Waals surface area contributed by atoms with Gasteiger partial charge in [-0.1, -0.05) is 51.7 Å². The molecule has 0 nitrogen and oxygen atoms in total. The fourth-order valence-corrected chi connectivity index (χ4v) is 0.622. The largest absolute Gasteiger partial charge is 0.0988 e. The second-order valence-electron chi connectivity index (χ2n) is 2.12. The molecule has 0 bridgehead atoms. The van der Waals surface area contributed by atoms with E-state index < -0.39 is 0 Å². The van der Waals surface area contributed by atoms with Crippen LogP contribution < -0.4 is 0 Å². The molecule has 0 aromatic rings. The van der Waals surface area contributed by atoms with E-state index in [4.69, 9.17) is 0 Å². The summed E-state index contributed by atoms with van der Waals surface area (Å²) in [7, 11) is 0. The zero-order valence-corrected chi connectivity index (χ0v) is 8.28. The van der Waals surface area contributed by atoms with E-state index in [-0.39, 0.29) is 0 Å². The minimum Gasteiger partial charge on any atom is -0.0988 e. The quantitative estimate of drug-likeness (QED) is 0.534. The molecule has 0 heteroatoms. The summed E-state index contributed by atoms with van der Waals surface area (Å²) in [4.78, 5) is 0. The molecule has 0 saturated carbocycles. The van der Waals surface area contributed by atoms with E-state index in [1.807, 2.05) is 32.9 Å². The minimum atomic E-state index is 1.04. The van der Waals surface area contributed by atoms with Crippen LogP contribution in [0.25, 0.3) is 0 Å². The van der Waals surface area contributed by atoms with Crippen LogP contribution in [0, 0.1) is 0 Å². The molecule has 0 N–H and O–H groups in total. The van der Waals surface area contributed by atoms with Crippen LogP contribution in [0.15, 0.2) is 36.5 Å².